The molecule has 0 atom stereocenters. The van der Waals surface area contributed by atoms with Crippen molar-refractivity contribution < 1.29 is 71.6 Å². The average molecular weight is 1950 g/mol. The zero-order valence-electron chi connectivity index (χ0n) is 88.7. The number of carbonyl (C=O) groups is 10. The molecule has 2 saturated carbocycles. The van der Waals surface area contributed by atoms with Crippen LogP contribution in [0.4, 0.5) is 0 Å². The molecule has 146 heavy (non-hydrogen) atoms. The zero-order chi connectivity index (χ0) is 105. The van der Waals surface area contributed by atoms with Crippen LogP contribution in [0, 0.1) is 6.92 Å². The van der Waals surface area contributed by atoms with Gasteiger partial charge in [0, 0.05) is 11.1 Å². The van der Waals surface area contributed by atoms with E-state index in [-0.39, 0.29) is 68.7 Å². The van der Waals surface area contributed by atoms with Crippen molar-refractivity contribution in [3.63, 3.8) is 0 Å². The molecule has 0 heterocycles. The third-order valence-electron chi connectivity index (χ3n) is 29.1. The second kappa shape index (κ2) is 47.9. The molecule has 2 aliphatic carbocycles. The van der Waals surface area contributed by atoms with E-state index >= 15 is 0 Å². The van der Waals surface area contributed by atoms with E-state index < -0.39 is 29.6 Å². The highest BCUT2D eigenvalue weighted by Gasteiger charge is 2.34. The average Bonchev–Trinajstić information content (AvgIpc) is 0.788. The number of aryl methyl sites for hydroxylation is 1. The molecule has 752 valence electrons. The molecule has 15 aromatic carbocycles. The fourth-order valence-corrected chi connectivity index (χ4v) is 21.4. The third kappa shape index (κ3) is 25.6. The van der Waals surface area contributed by atoms with Crippen LogP contribution in [0.25, 0.3) is 109 Å². The standard InChI is InChI=1S/C29H32O3.C28H30O3.C26H28O3.C25H26O3.C23H22O3/c1-19(30)28(20(2)31)25-11-10-21-16-22(8-9-23(21)17-25)24-12-13-27(32-4)26(18-24)29(3)14-6-5-7-15-29;1-18(29)28(19(2)30)25-12-11-21-15-22(9-10-23(21)16-25)24-13-14-27(31-3)26(17-24)20-7-5-4-6-8-20;1-16(27)25(17(2)28)22-10-9-18-13-19(7-8-20(18)14-22)21-11-12-24(29-6)23(15-21)26(3,4)5;1-15(2)23-14-21(10-11-24(23)28-5)19-6-7-20-13-22(9-8-18(20)12-19)25(16(3)26)17(4)27;1-14-11-17(9-10-22(14)26-4)18-5-6-20-13-21(8-7-19(20)12-18)23(15(2)24)16(3)25/h8-13,16-18,28H,5-7,14-15H2,1-4H3;9-17,20,28H,4-8H2,1-3H3;7-15,25H,1-6H3;6-15,25H,1-5H3;5-13,23H,1-4H3. The summed E-state index contributed by atoms with van der Waals surface area (Å²) < 4.78 is 27.8. The Hall–Kier alpha value is -14.7. The third-order valence-corrected chi connectivity index (χ3v) is 29.1. The minimum absolute atomic E-state index is 0.0263. The number of hydrogen-bond donors (Lipinski definition) is 0. The van der Waals surface area contributed by atoms with Crippen LogP contribution >= 0.6 is 0 Å². The molecule has 0 unspecified atom stereocenters. The van der Waals surface area contributed by atoms with Crippen molar-refractivity contribution in [2.45, 2.75) is 234 Å². The Morgan fingerprint density at radius 1 is 0.267 bits per heavy atom. The molecule has 2 fully saturated rings. The van der Waals surface area contributed by atoms with Gasteiger partial charge in [-0.15, -0.1) is 0 Å². The molecule has 15 nitrogen and oxygen atoms in total. The van der Waals surface area contributed by atoms with Gasteiger partial charge < -0.3 is 23.7 Å². The summed E-state index contributed by atoms with van der Waals surface area (Å²) in [5.41, 5.74) is 21.4. The maximum absolute atomic E-state index is 12.0. The quantitative estimate of drug-likeness (QED) is 0.0417. The van der Waals surface area contributed by atoms with Gasteiger partial charge in [-0.1, -0.05) is 232 Å². The van der Waals surface area contributed by atoms with E-state index in [1.807, 2.05) is 140 Å². The van der Waals surface area contributed by atoms with Crippen molar-refractivity contribution in [1.82, 2.24) is 0 Å². The fraction of sp³-hybridized carbons (Fsp3) is 0.313. The van der Waals surface area contributed by atoms with Crippen LogP contribution in [0.1, 0.15) is 272 Å². The van der Waals surface area contributed by atoms with Gasteiger partial charge in [-0.3, -0.25) is 47.9 Å². The Labute approximate surface area is 860 Å². The van der Waals surface area contributed by atoms with Crippen molar-refractivity contribution in [2.75, 3.05) is 35.5 Å². The second-order valence-electron chi connectivity index (χ2n) is 41.2. The van der Waals surface area contributed by atoms with E-state index in [1.54, 1.807) is 35.5 Å². The zero-order valence-corrected chi connectivity index (χ0v) is 88.7. The summed E-state index contributed by atoms with van der Waals surface area (Å²) in [6.07, 6.45) is 12.6. The molecule has 17 rings (SSSR count). The first-order valence-corrected chi connectivity index (χ1v) is 50.8. The van der Waals surface area contributed by atoms with Crippen LogP contribution in [-0.4, -0.2) is 93.4 Å². The predicted molar refractivity (Wildman–Crippen MR) is 594 cm³/mol. The summed E-state index contributed by atoms with van der Waals surface area (Å²) in [4.78, 5) is 119. The minimum Gasteiger partial charge on any atom is -0.496 e. The monoisotopic (exact) mass is 1950 g/mol. The highest BCUT2D eigenvalue weighted by molar-refractivity contribution is 6.10. The van der Waals surface area contributed by atoms with E-state index in [9.17, 15) is 47.9 Å². The largest absolute Gasteiger partial charge is 0.496 e. The number of methoxy groups -OCH3 is 5. The molecule has 0 aliphatic heterocycles. The summed E-state index contributed by atoms with van der Waals surface area (Å²) in [6, 6.07) is 92.4. The molecule has 0 bridgehead atoms. The summed E-state index contributed by atoms with van der Waals surface area (Å²) >= 11 is 0. The minimum atomic E-state index is -0.685. The van der Waals surface area contributed by atoms with Crippen LogP contribution in [-0.2, 0) is 58.8 Å². The number of ether oxygens (including phenoxy) is 5. The Bertz CT molecular complexity index is 7400. The van der Waals surface area contributed by atoms with Gasteiger partial charge in [0.05, 0.1) is 35.5 Å². The van der Waals surface area contributed by atoms with E-state index in [2.05, 4.69) is 181 Å². The van der Waals surface area contributed by atoms with Crippen LogP contribution in [0.15, 0.2) is 273 Å². The van der Waals surface area contributed by atoms with E-state index in [4.69, 9.17) is 23.7 Å². The molecule has 0 spiro atoms. The van der Waals surface area contributed by atoms with Gasteiger partial charge in [-0.25, -0.2) is 0 Å². The lowest BCUT2D eigenvalue weighted by atomic mass is 9.70. The number of fused-ring (bicyclic) bond motifs is 5. The maximum atomic E-state index is 12.0. The fourth-order valence-electron chi connectivity index (χ4n) is 21.4. The van der Waals surface area contributed by atoms with Gasteiger partial charge in [0.15, 0.2) is 0 Å². The topological polar surface area (TPSA) is 217 Å². The predicted octanol–water partition coefficient (Wildman–Crippen LogP) is 30.9. The second-order valence-corrected chi connectivity index (χ2v) is 41.2. The summed E-state index contributed by atoms with van der Waals surface area (Å²) in [5, 5.41) is 10.5. The molecule has 0 radical (unpaired) electrons. The summed E-state index contributed by atoms with van der Waals surface area (Å²) in [5.74, 6) is 0.977. The molecule has 0 aromatic heterocycles. The Morgan fingerprint density at radius 3 is 0.815 bits per heavy atom. The smallest absolute Gasteiger partial charge is 0.144 e. The van der Waals surface area contributed by atoms with Crippen molar-refractivity contribution in [2.24, 2.45) is 0 Å². The molecule has 15 heteroatoms. The number of hydrogen-bond acceptors (Lipinski definition) is 15. The first-order chi connectivity index (χ1) is 69.6. The van der Waals surface area contributed by atoms with Crippen molar-refractivity contribution >= 4 is 112 Å². The molecule has 0 N–H and O–H groups in total. The molecule has 2 aliphatic rings. The number of Topliss-reactive ketones (excluding diaryl/α,β-unsaturated/α-hetero) is 10. The lowest BCUT2D eigenvalue weighted by Crippen LogP contribution is -2.25. The Balaban J connectivity index is 0.000000153. The normalized spacial score (nSPS) is 13.0. The van der Waals surface area contributed by atoms with Gasteiger partial charge in [0.25, 0.3) is 0 Å². The van der Waals surface area contributed by atoms with Gasteiger partial charge in [0.2, 0.25) is 0 Å². The molecular formula is C131H138O15. The molecule has 0 saturated heterocycles. The molecular weight excluding hydrogens is 1810 g/mol. The SMILES string of the molecule is COc1ccc(-c2ccc3cc(C(C(C)=O)C(C)=O)ccc3c2)cc1C.COc1ccc(-c2ccc3cc(C(C(C)=O)C(C)=O)ccc3c2)cc1C(C)(C)C.COc1ccc(-c2ccc3cc(C(C(C)=O)C(C)=O)ccc3c2)cc1C(C)C.COc1ccc(-c2ccc3cc(C(C(C)=O)C(C)=O)ccc3c2)cc1C1(C)CCCCC1.COc1ccc(-c2ccc3cc(C(C(C)=O)C(C)=O)ccc3c2)cc1C1CCCCC1. The van der Waals surface area contributed by atoms with Gasteiger partial charge >= 0.3 is 0 Å². The number of benzene rings is 15. The first kappa shape index (κ1) is 109. The lowest BCUT2D eigenvalue weighted by Gasteiger charge is -2.35. The Morgan fingerprint density at radius 2 is 0.514 bits per heavy atom. The van der Waals surface area contributed by atoms with Gasteiger partial charge in [0.1, 0.15) is 116 Å². The van der Waals surface area contributed by atoms with Crippen molar-refractivity contribution in [3.05, 3.63) is 329 Å². The first-order valence-electron chi connectivity index (χ1n) is 50.8. The number of ketones is 10. The van der Waals surface area contributed by atoms with Gasteiger partial charge in [-0.2, -0.15) is 0 Å². The van der Waals surface area contributed by atoms with Crippen LogP contribution in [0.3, 0.4) is 0 Å². The van der Waals surface area contributed by atoms with Crippen LogP contribution in [0.5, 0.6) is 28.7 Å². The molecule has 15 aromatic rings. The maximum Gasteiger partial charge on any atom is 0.144 e. The highest BCUT2D eigenvalue weighted by Crippen LogP contribution is 2.47. The number of rotatable bonds is 28. The Kier molecular flexibility index (Phi) is 35.6. The summed E-state index contributed by atoms with van der Waals surface area (Å²) in [6.45, 7) is 30.0. The van der Waals surface area contributed by atoms with Gasteiger partial charge in [-0.05, 0) is 400 Å². The van der Waals surface area contributed by atoms with E-state index in [0.717, 1.165) is 160 Å². The molecule has 0 amide bonds. The summed E-state index contributed by atoms with van der Waals surface area (Å²) in [7, 11) is 8.58. The van der Waals surface area contributed by atoms with Crippen LogP contribution < -0.4 is 23.7 Å². The van der Waals surface area contributed by atoms with E-state index in [0.29, 0.717) is 11.8 Å². The van der Waals surface area contributed by atoms with E-state index in [1.165, 1.54) is 167 Å². The van der Waals surface area contributed by atoms with Crippen molar-refractivity contribution in [1.29, 1.82) is 0 Å². The van der Waals surface area contributed by atoms with Crippen LogP contribution in [0.2, 0.25) is 0 Å². The number of carbonyl (C=O) groups excluding carboxylic acids is 10. The van der Waals surface area contributed by atoms with Crippen molar-refractivity contribution in [3.8, 4) is 84.4 Å². The highest BCUT2D eigenvalue weighted by atomic mass is 16.5. The lowest BCUT2D eigenvalue weighted by molar-refractivity contribution is -0.128.